The zero-order valence-electron chi connectivity index (χ0n) is 10.4. The smallest absolute Gasteiger partial charge is 0.151 e. The zero-order valence-corrected chi connectivity index (χ0v) is 10.4. The number of nitrogens with zero attached hydrogens (tertiary/aromatic N) is 2. The van der Waals surface area contributed by atoms with Crippen molar-refractivity contribution in [2.45, 2.75) is 33.6 Å². The summed E-state index contributed by atoms with van der Waals surface area (Å²) in [5.74, 6) is 1.01. The number of carbonyl (C=O) groups excluding carboxylic acids is 1. The Morgan fingerprint density at radius 3 is 2.38 bits per heavy atom. The Balaban J connectivity index is 2.94. The van der Waals surface area contributed by atoms with Gasteiger partial charge in [0.2, 0.25) is 0 Å². The predicted octanol–water partition coefficient (Wildman–Crippen LogP) is 2.83. The van der Waals surface area contributed by atoms with Gasteiger partial charge in [0, 0.05) is 24.8 Å². The Bertz CT molecular complexity index is 344. The second-order valence-electron chi connectivity index (χ2n) is 4.01. The molecule has 1 aromatic heterocycles. The Hall–Kier alpha value is -1.38. The number of hydrogen-bond acceptors (Lipinski definition) is 3. The summed E-state index contributed by atoms with van der Waals surface area (Å²) >= 11 is 0. The van der Waals surface area contributed by atoms with E-state index < -0.39 is 0 Å². The summed E-state index contributed by atoms with van der Waals surface area (Å²) in [5.41, 5.74) is 1.72. The molecular formula is C13H20N2O. The first-order valence-corrected chi connectivity index (χ1v) is 5.89. The second kappa shape index (κ2) is 6.26. The third kappa shape index (κ3) is 3.05. The molecule has 0 aliphatic heterocycles. The first-order valence-electron chi connectivity index (χ1n) is 5.89. The topological polar surface area (TPSA) is 33.2 Å². The van der Waals surface area contributed by atoms with Crippen molar-refractivity contribution in [2.24, 2.45) is 0 Å². The fourth-order valence-electron chi connectivity index (χ4n) is 1.85. The summed E-state index contributed by atoms with van der Waals surface area (Å²) < 4.78 is 0. The second-order valence-corrected chi connectivity index (χ2v) is 4.01. The lowest BCUT2D eigenvalue weighted by molar-refractivity contribution is 0.112. The molecule has 0 spiro atoms. The minimum atomic E-state index is 0.647. The van der Waals surface area contributed by atoms with Crippen LogP contribution in [0.3, 0.4) is 0 Å². The average Bonchev–Trinajstić information content (AvgIpc) is 2.29. The van der Waals surface area contributed by atoms with E-state index in [2.05, 4.69) is 23.7 Å². The summed E-state index contributed by atoms with van der Waals surface area (Å²) in [6.45, 7) is 8.37. The minimum Gasteiger partial charge on any atom is -0.356 e. The molecule has 0 unspecified atom stereocenters. The van der Waals surface area contributed by atoms with E-state index in [9.17, 15) is 4.79 Å². The molecule has 0 amide bonds. The molecule has 1 aromatic rings. The fraction of sp³-hybridized carbons (Fsp3) is 0.538. The number of aromatic nitrogens is 1. The van der Waals surface area contributed by atoms with Gasteiger partial charge in [0.15, 0.2) is 6.29 Å². The molecule has 1 rings (SSSR count). The Morgan fingerprint density at radius 2 is 1.94 bits per heavy atom. The monoisotopic (exact) mass is 220 g/mol. The van der Waals surface area contributed by atoms with Crippen molar-refractivity contribution in [2.75, 3.05) is 18.0 Å². The lowest BCUT2D eigenvalue weighted by Gasteiger charge is -2.24. The van der Waals surface area contributed by atoms with Crippen LogP contribution in [0.25, 0.3) is 0 Å². The third-order valence-electron chi connectivity index (χ3n) is 2.49. The molecule has 0 atom stereocenters. The Morgan fingerprint density at radius 1 is 1.31 bits per heavy atom. The normalized spacial score (nSPS) is 10.2. The number of carbonyl (C=O) groups is 1. The van der Waals surface area contributed by atoms with Gasteiger partial charge in [-0.3, -0.25) is 4.79 Å². The van der Waals surface area contributed by atoms with Crippen LogP contribution in [0.15, 0.2) is 12.3 Å². The number of hydrogen-bond donors (Lipinski definition) is 0. The highest BCUT2D eigenvalue weighted by Gasteiger charge is 2.09. The van der Waals surface area contributed by atoms with E-state index in [1.54, 1.807) is 6.20 Å². The van der Waals surface area contributed by atoms with Crippen LogP contribution in [0.1, 0.15) is 42.6 Å². The largest absolute Gasteiger partial charge is 0.356 e. The fourth-order valence-corrected chi connectivity index (χ4v) is 1.85. The van der Waals surface area contributed by atoms with Crippen molar-refractivity contribution in [3.8, 4) is 0 Å². The van der Waals surface area contributed by atoms with Crippen LogP contribution in [0.4, 0.5) is 5.82 Å². The molecule has 0 bridgehead atoms. The highest BCUT2D eigenvalue weighted by Crippen LogP contribution is 2.18. The van der Waals surface area contributed by atoms with Gasteiger partial charge in [0.25, 0.3) is 0 Å². The summed E-state index contributed by atoms with van der Waals surface area (Å²) in [6, 6.07) is 1.90. The maximum Gasteiger partial charge on any atom is 0.151 e. The molecular weight excluding hydrogens is 200 g/mol. The van der Waals surface area contributed by atoms with Crippen molar-refractivity contribution >= 4 is 12.1 Å². The van der Waals surface area contributed by atoms with Crippen LogP contribution in [0.5, 0.6) is 0 Å². The van der Waals surface area contributed by atoms with E-state index in [4.69, 9.17) is 0 Å². The van der Waals surface area contributed by atoms with Crippen molar-refractivity contribution in [1.29, 1.82) is 0 Å². The lowest BCUT2D eigenvalue weighted by Crippen LogP contribution is -2.26. The van der Waals surface area contributed by atoms with E-state index in [0.717, 1.165) is 43.6 Å². The number of anilines is 1. The van der Waals surface area contributed by atoms with Crippen molar-refractivity contribution < 1.29 is 4.79 Å². The van der Waals surface area contributed by atoms with Crippen molar-refractivity contribution in [1.82, 2.24) is 4.98 Å². The van der Waals surface area contributed by atoms with Crippen LogP contribution in [0, 0.1) is 6.92 Å². The molecule has 0 aliphatic carbocycles. The van der Waals surface area contributed by atoms with Crippen molar-refractivity contribution in [3.05, 3.63) is 23.4 Å². The molecule has 0 radical (unpaired) electrons. The van der Waals surface area contributed by atoms with Gasteiger partial charge in [-0.25, -0.2) is 4.98 Å². The number of aldehydes is 1. The van der Waals surface area contributed by atoms with E-state index >= 15 is 0 Å². The number of aryl methyl sites for hydroxylation is 1. The van der Waals surface area contributed by atoms with Gasteiger partial charge in [-0.1, -0.05) is 13.8 Å². The van der Waals surface area contributed by atoms with E-state index in [-0.39, 0.29) is 0 Å². The maximum absolute atomic E-state index is 10.6. The molecule has 3 nitrogen and oxygen atoms in total. The van der Waals surface area contributed by atoms with E-state index in [0.29, 0.717) is 5.56 Å². The van der Waals surface area contributed by atoms with Gasteiger partial charge in [-0.2, -0.15) is 0 Å². The third-order valence-corrected chi connectivity index (χ3v) is 2.49. The molecule has 16 heavy (non-hydrogen) atoms. The molecule has 88 valence electrons. The van der Waals surface area contributed by atoms with Gasteiger partial charge in [-0.05, 0) is 31.4 Å². The molecule has 0 aliphatic rings. The van der Waals surface area contributed by atoms with E-state index in [1.807, 2.05) is 13.0 Å². The van der Waals surface area contributed by atoms with Crippen LogP contribution < -0.4 is 4.90 Å². The SMILES string of the molecule is CCCN(CCC)c1ncc(C=O)cc1C. The summed E-state index contributed by atoms with van der Waals surface area (Å²) in [4.78, 5) is 17.3. The molecule has 0 N–H and O–H groups in total. The van der Waals surface area contributed by atoms with Crippen LogP contribution in [-0.4, -0.2) is 24.4 Å². The minimum absolute atomic E-state index is 0.647. The van der Waals surface area contributed by atoms with Crippen LogP contribution in [-0.2, 0) is 0 Å². The standard InChI is InChI=1S/C13H20N2O/c1-4-6-15(7-5-2)13-11(3)8-12(10-16)9-14-13/h8-10H,4-7H2,1-3H3. The van der Waals surface area contributed by atoms with Crippen LogP contribution in [0.2, 0.25) is 0 Å². The van der Waals surface area contributed by atoms with Gasteiger partial charge in [0.1, 0.15) is 5.82 Å². The summed E-state index contributed by atoms with van der Waals surface area (Å²) in [5, 5.41) is 0. The van der Waals surface area contributed by atoms with Gasteiger partial charge in [0.05, 0.1) is 0 Å². The first kappa shape index (κ1) is 12.7. The summed E-state index contributed by atoms with van der Waals surface area (Å²) in [6.07, 6.45) is 4.70. The molecule has 0 fully saturated rings. The predicted molar refractivity (Wildman–Crippen MR) is 67.2 cm³/mol. The molecule has 0 saturated heterocycles. The molecule has 3 heteroatoms. The zero-order chi connectivity index (χ0) is 12.0. The van der Waals surface area contributed by atoms with Gasteiger partial charge < -0.3 is 4.90 Å². The summed E-state index contributed by atoms with van der Waals surface area (Å²) in [7, 11) is 0. The average molecular weight is 220 g/mol. The molecule has 0 saturated carbocycles. The Labute approximate surface area is 97.5 Å². The highest BCUT2D eigenvalue weighted by molar-refractivity contribution is 5.75. The van der Waals surface area contributed by atoms with Crippen molar-refractivity contribution in [3.63, 3.8) is 0 Å². The Kier molecular flexibility index (Phi) is 4.96. The number of rotatable bonds is 6. The van der Waals surface area contributed by atoms with E-state index in [1.165, 1.54) is 0 Å². The van der Waals surface area contributed by atoms with Crippen LogP contribution >= 0.6 is 0 Å². The highest BCUT2D eigenvalue weighted by atomic mass is 16.1. The van der Waals surface area contributed by atoms with Gasteiger partial charge in [-0.15, -0.1) is 0 Å². The number of pyridine rings is 1. The quantitative estimate of drug-likeness (QED) is 0.691. The maximum atomic E-state index is 10.6. The van der Waals surface area contributed by atoms with Gasteiger partial charge >= 0.3 is 0 Å². The molecule has 1 heterocycles. The lowest BCUT2D eigenvalue weighted by atomic mass is 10.2. The first-order chi connectivity index (χ1) is 7.72. The molecule has 0 aromatic carbocycles.